The summed E-state index contributed by atoms with van der Waals surface area (Å²) in [7, 11) is 0. The standard InChI is InChI=1S/C12H9N3O5S/c1-6-10(21-5-13-6)11(16)14-9-4-7(15(19)20)2-3-8(9)12(17)18/h2-5H,1H3,(H,14,16)(H,17,18). The Bertz CT molecular complexity index is 740. The number of thiazole rings is 1. The maximum Gasteiger partial charge on any atom is 0.337 e. The Balaban J connectivity index is 2.39. The number of aromatic nitrogens is 1. The fourth-order valence-electron chi connectivity index (χ4n) is 1.63. The van der Waals surface area contributed by atoms with Crippen LogP contribution in [0.25, 0.3) is 0 Å². The lowest BCUT2D eigenvalue weighted by Crippen LogP contribution is -2.15. The van der Waals surface area contributed by atoms with Crippen LogP contribution in [0, 0.1) is 17.0 Å². The molecule has 8 nitrogen and oxygen atoms in total. The third-order valence-electron chi connectivity index (χ3n) is 2.64. The van der Waals surface area contributed by atoms with Crippen molar-refractivity contribution >= 4 is 34.6 Å². The smallest absolute Gasteiger partial charge is 0.337 e. The normalized spacial score (nSPS) is 10.1. The Labute approximate surface area is 122 Å². The van der Waals surface area contributed by atoms with E-state index in [4.69, 9.17) is 5.11 Å². The molecule has 0 saturated heterocycles. The second kappa shape index (κ2) is 5.67. The number of hydrogen-bond donors (Lipinski definition) is 2. The molecular weight excluding hydrogens is 298 g/mol. The number of benzene rings is 1. The van der Waals surface area contributed by atoms with E-state index in [1.807, 2.05) is 0 Å². The molecule has 0 atom stereocenters. The van der Waals surface area contributed by atoms with E-state index >= 15 is 0 Å². The van der Waals surface area contributed by atoms with Gasteiger partial charge in [0.2, 0.25) is 0 Å². The highest BCUT2D eigenvalue weighted by Gasteiger charge is 2.19. The maximum atomic E-state index is 12.0. The summed E-state index contributed by atoms with van der Waals surface area (Å²) in [6.45, 7) is 1.64. The van der Waals surface area contributed by atoms with Crippen LogP contribution in [0.2, 0.25) is 0 Å². The number of nitrogens with one attached hydrogen (secondary N) is 1. The molecular formula is C12H9N3O5S. The van der Waals surface area contributed by atoms with Gasteiger partial charge in [0.15, 0.2) is 0 Å². The van der Waals surface area contributed by atoms with Gasteiger partial charge in [-0.3, -0.25) is 14.9 Å². The van der Waals surface area contributed by atoms with E-state index in [0.29, 0.717) is 10.6 Å². The van der Waals surface area contributed by atoms with Crippen molar-refractivity contribution in [2.45, 2.75) is 6.92 Å². The Morgan fingerprint density at radius 1 is 1.43 bits per heavy atom. The van der Waals surface area contributed by atoms with Gasteiger partial charge in [0, 0.05) is 12.1 Å². The third kappa shape index (κ3) is 3.03. The molecule has 1 aromatic carbocycles. The molecule has 2 N–H and O–H groups in total. The monoisotopic (exact) mass is 307 g/mol. The molecule has 0 aliphatic heterocycles. The van der Waals surface area contributed by atoms with E-state index in [1.54, 1.807) is 6.92 Å². The minimum Gasteiger partial charge on any atom is -0.478 e. The number of rotatable bonds is 4. The number of nitrogens with zero attached hydrogens (tertiary/aromatic N) is 2. The zero-order valence-electron chi connectivity index (χ0n) is 10.7. The van der Waals surface area contributed by atoms with Gasteiger partial charge >= 0.3 is 5.97 Å². The van der Waals surface area contributed by atoms with Gasteiger partial charge in [0.25, 0.3) is 11.6 Å². The van der Waals surface area contributed by atoms with Crippen LogP contribution in [0.3, 0.4) is 0 Å². The van der Waals surface area contributed by atoms with Gasteiger partial charge in [0.1, 0.15) is 4.88 Å². The van der Waals surface area contributed by atoms with E-state index < -0.39 is 16.8 Å². The van der Waals surface area contributed by atoms with Crippen LogP contribution < -0.4 is 5.32 Å². The van der Waals surface area contributed by atoms with E-state index in [1.165, 1.54) is 5.51 Å². The molecule has 0 radical (unpaired) electrons. The first-order chi connectivity index (χ1) is 9.90. The Morgan fingerprint density at radius 3 is 2.67 bits per heavy atom. The number of anilines is 1. The van der Waals surface area contributed by atoms with E-state index in [9.17, 15) is 19.7 Å². The zero-order chi connectivity index (χ0) is 15.6. The molecule has 9 heteroatoms. The fraction of sp³-hybridized carbons (Fsp3) is 0.0833. The number of aromatic carboxylic acids is 1. The van der Waals surface area contributed by atoms with Crippen LogP contribution in [0.4, 0.5) is 11.4 Å². The summed E-state index contributed by atoms with van der Waals surface area (Å²) in [5, 5.41) is 22.2. The quantitative estimate of drug-likeness (QED) is 0.660. The molecule has 0 fully saturated rings. The van der Waals surface area contributed by atoms with Crippen molar-refractivity contribution in [3.05, 3.63) is 50.0 Å². The summed E-state index contributed by atoms with van der Waals surface area (Å²) < 4.78 is 0. The molecule has 1 heterocycles. The molecule has 1 amide bonds. The molecule has 2 aromatic rings. The van der Waals surface area contributed by atoms with Gasteiger partial charge in [-0.1, -0.05) is 0 Å². The number of amides is 1. The molecule has 1 aromatic heterocycles. The number of carboxylic acids is 1. The van der Waals surface area contributed by atoms with Crippen LogP contribution >= 0.6 is 11.3 Å². The topological polar surface area (TPSA) is 122 Å². The number of nitro groups is 1. The van der Waals surface area contributed by atoms with Crippen molar-refractivity contribution in [1.29, 1.82) is 0 Å². The highest BCUT2D eigenvalue weighted by Crippen LogP contribution is 2.24. The van der Waals surface area contributed by atoms with Gasteiger partial charge in [0.05, 0.1) is 27.4 Å². The number of nitro benzene ring substituents is 1. The number of carbonyl (C=O) groups excluding carboxylic acids is 1. The lowest BCUT2D eigenvalue weighted by atomic mass is 10.1. The summed E-state index contributed by atoms with van der Waals surface area (Å²) in [5.41, 5.74) is 1.32. The minimum atomic E-state index is -1.29. The number of hydrogen-bond acceptors (Lipinski definition) is 6. The van der Waals surface area contributed by atoms with Crippen molar-refractivity contribution in [1.82, 2.24) is 4.98 Å². The Morgan fingerprint density at radius 2 is 2.14 bits per heavy atom. The van der Waals surface area contributed by atoms with Gasteiger partial charge < -0.3 is 10.4 Å². The van der Waals surface area contributed by atoms with Crippen LogP contribution in [0.1, 0.15) is 25.7 Å². The molecule has 21 heavy (non-hydrogen) atoms. The number of carbonyl (C=O) groups is 2. The SMILES string of the molecule is Cc1ncsc1C(=O)Nc1cc([N+](=O)[O-])ccc1C(=O)O. The molecule has 0 saturated carbocycles. The van der Waals surface area contributed by atoms with Crippen LogP contribution in [0.15, 0.2) is 23.7 Å². The van der Waals surface area contributed by atoms with Gasteiger partial charge in [-0.05, 0) is 13.0 Å². The molecule has 108 valence electrons. The minimum absolute atomic E-state index is 0.130. The molecule has 0 unspecified atom stereocenters. The fourth-order valence-corrected chi connectivity index (χ4v) is 2.33. The third-order valence-corrected chi connectivity index (χ3v) is 3.57. The number of non-ortho nitro benzene ring substituents is 1. The summed E-state index contributed by atoms with van der Waals surface area (Å²) in [6.07, 6.45) is 0. The second-order valence-electron chi connectivity index (χ2n) is 4.01. The van der Waals surface area contributed by atoms with E-state index in [-0.39, 0.29) is 16.9 Å². The summed E-state index contributed by atoms with van der Waals surface area (Å²) in [5.74, 6) is -1.85. The first kappa shape index (κ1) is 14.6. The largest absolute Gasteiger partial charge is 0.478 e. The predicted molar refractivity (Wildman–Crippen MR) is 74.9 cm³/mol. The number of carboxylic acid groups (broad SMARTS) is 1. The van der Waals surface area contributed by atoms with Crippen LogP contribution in [-0.4, -0.2) is 26.9 Å². The lowest BCUT2D eigenvalue weighted by molar-refractivity contribution is -0.384. The van der Waals surface area contributed by atoms with E-state index in [0.717, 1.165) is 29.5 Å². The average molecular weight is 307 g/mol. The number of aryl methyl sites for hydroxylation is 1. The van der Waals surface area contributed by atoms with Crippen molar-refractivity contribution in [3.63, 3.8) is 0 Å². The van der Waals surface area contributed by atoms with Gasteiger partial charge in [-0.25, -0.2) is 9.78 Å². The van der Waals surface area contributed by atoms with Crippen LogP contribution in [-0.2, 0) is 0 Å². The first-order valence-corrected chi connectivity index (χ1v) is 6.51. The Kier molecular flexibility index (Phi) is 3.94. The molecule has 0 aliphatic carbocycles. The summed E-state index contributed by atoms with van der Waals surface area (Å²) in [4.78, 5) is 37.5. The molecule has 0 aliphatic rings. The van der Waals surface area contributed by atoms with Gasteiger partial charge in [-0.15, -0.1) is 11.3 Å². The van der Waals surface area contributed by atoms with Crippen molar-refractivity contribution in [2.24, 2.45) is 0 Å². The van der Waals surface area contributed by atoms with Crippen molar-refractivity contribution in [3.8, 4) is 0 Å². The highest BCUT2D eigenvalue weighted by atomic mass is 32.1. The maximum absolute atomic E-state index is 12.0. The molecule has 0 spiro atoms. The molecule has 0 bridgehead atoms. The highest BCUT2D eigenvalue weighted by molar-refractivity contribution is 7.12. The lowest BCUT2D eigenvalue weighted by Gasteiger charge is -2.07. The molecule has 2 rings (SSSR count). The van der Waals surface area contributed by atoms with E-state index in [2.05, 4.69) is 10.3 Å². The summed E-state index contributed by atoms with van der Waals surface area (Å²) >= 11 is 1.10. The second-order valence-corrected chi connectivity index (χ2v) is 4.87. The van der Waals surface area contributed by atoms with Crippen molar-refractivity contribution < 1.29 is 19.6 Å². The zero-order valence-corrected chi connectivity index (χ0v) is 11.5. The Hall–Kier alpha value is -2.81. The average Bonchev–Trinajstić information content (AvgIpc) is 2.84. The summed E-state index contributed by atoms with van der Waals surface area (Å²) in [6, 6.07) is 3.16. The van der Waals surface area contributed by atoms with Gasteiger partial charge in [-0.2, -0.15) is 0 Å². The predicted octanol–water partition coefficient (Wildman–Crippen LogP) is 2.31. The van der Waals surface area contributed by atoms with Crippen LogP contribution in [0.5, 0.6) is 0 Å². The van der Waals surface area contributed by atoms with Crippen molar-refractivity contribution in [2.75, 3.05) is 5.32 Å². The first-order valence-electron chi connectivity index (χ1n) is 5.63.